The number of aromatic hydroxyl groups is 1. The van der Waals surface area contributed by atoms with Gasteiger partial charge in [0.25, 0.3) is 5.56 Å². The first-order valence-electron chi connectivity index (χ1n) is 6.85. The highest BCUT2D eigenvalue weighted by atomic mass is 32.1. The standard InChI is InChI=1S/C15H13N3O4S/c1-9-14(11(20)2-3-12-16-5-7-22-12)23-15(17-9)18-6-4-10(19)8-13(18)21/h4-8,19H,2-3H2,1H3. The number of hydrogen-bond acceptors (Lipinski definition) is 7. The normalized spacial score (nSPS) is 10.8. The zero-order valence-electron chi connectivity index (χ0n) is 12.2. The maximum Gasteiger partial charge on any atom is 0.260 e. The highest BCUT2D eigenvalue weighted by molar-refractivity contribution is 7.16. The smallest absolute Gasteiger partial charge is 0.260 e. The Bertz CT molecular complexity index is 896. The second kappa shape index (κ2) is 6.17. The number of carbonyl (C=O) groups excluding carboxylic acids is 1. The highest BCUT2D eigenvalue weighted by Crippen LogP contribution is 2.23. The van der Waals surface area contributed by atoms with Crippen LogP contribution in [-0.2, 0) is 6.42 Å². The molecule has 118 valence electrons. The lowest BCUT2D eigenvalue weighted by Crippen LogP contribution is -2.15. The summed E-state index contributed by atoms with van der Waals surface area (Å²) < 4.78 is 6.40. The van der Waals surface area contributed by atoms with Gasteiger partial charge in [0.15, 0.2) is 16.8 Å². The van der Waals surface area contributed by atoms with Crippen molar-refractivity contribution in [3.05, 3.63) is 57.6 Å². The van der Waals surface area contributed by atoms with Crippen LogP contribution in [0.15, 0.2) is 40.0 Å². The van der Waals surface area contributed by atoms with Crippen LogP contribution in [0.3, 0.4) is 0 Å². The van der Waals surface area contributed by atoms with Crippen molar-refractivity contribution in [3.63, 3.8) is 0 Å². The fourth-order valence-electron chi connectivity index (χ4n) is 2.08. The van der Waals surface area contributed by atoms with Crippen LogP contribution in [0.1, 0.15) is 27.7 Å². The molecule has 0 bridgehead atoms. The Morgan fingerprint density at radius 3 is 3.00 bits per heavy atom. The van der Waals surface area contributed by atoms with E-state index in [0.29, 0.717) is 28.0 Å². The average Bonchev–Trinajstić information content (AvgIpc) is 3.14. The van der Waals surface area contributed by atoms with Crippen LogP contribution < -0.4 is 5.56 Å². The number of aryl methyl sites for hydroxylation is 2. The van der Waals surface area contributed by atoms with Crippen LogP contribution >= 0.6 is 11.3 Å². The minimum Gasteiger partial charge on any atom is -0.508 e. The Hall–Kier alpha value is -2.74. The van der Waals surface area contributed by atoms with Crippen LogP contribution in [0, 0.1) is 6.92 Å². The van der Waals surface area contributed by atoms with Crippen molar-refractivity contribution in [2.75, 3.05) is 0 Å². The Morgan fingerprint density at radius 1 is 1.48 bits per heavy atom. The molecule has 7 nitrogen and oxygen atoms in total. The van der Waals surface area contributed by atoms with Crippen molar-refractivity contribution in [3.8, 4) is 10.9 Å². The summed E-state index contributed by atoms with van der Waals surface area (Å²) in [6.45, 7) is 1.73. The molecule has 0 atom stereocenters. The number of hydrogen-bond donors (Lipinski definition) is 1. The molecule has 0 fully saturated rings. The van der Waals surface area contributed by atoms with E-state index in [2.05, 4.69) is 9.97 Å². The molecule has 23 heavy (non-hydrogen) atoms. The van der Waals surface area contributed by atoms with Crippen molar-refractivity contribution in [2.24, 2.45) is 0 Å². The molecule has 0 saturated heterocycles. The molecule has 3 aromatic heterocycles. The van der Waals surface area contributed by atoms with Crippen LogP contribution in [0.4, 0.5) is 0 Å². The van der Waals surface area contributed by atoms with Gasteiger partial charge in [0.05, 0.1) is 16.8 Å². The molecule has 0 radical (unpaired) electrons. The van der Waals surface area contributed by atoms with Gasteiger partial charge in [0.2, 0.25) is 0 Å². The maximum absolute atomic E-state index is 12.3. The number of carbonyl (C=O) groups is 1. The van der Waals surface area contributed by atoms with E-state index < -0.39 is 5.56 Å². The van der Waals surface area contributed by atoms with E-state index in [4.69, 9.17) is 4.42 Å². The fourth-order valence-corrected chi connectivity index (χ4v) is 3.10. The SMILES string of the molecule is Cc1nc(-n2ccc(O)cc2=O)sc1C(=O)CCc1ncco1. The van der Waals surface area contributed by atoms with Gasteiger partial charge in [-0.25, -0.2) is 9.97 Å². The monoisotopic (exact) mass is 331 g/mol. The molecular formula is C15H13N3O4S. The summed E-state index contributed by atoms with van der Waals surface area (Å²) >= 11 is 1.15. The largest absolute Gasteiger partial charge is 0.508 e. The quantitative estimate of drug-likeness (QED) is 0.719. The summed E-state index contributed by atoms with van der Waals surface area (Å²) in [7, 11) is 0. The molecule has 0 saturated carbocycles. The van der Waals surface area contributed by atoms with Gasteiger partial charge in [-0.15, -0.1) is 0 Å². The van der Waals surface area contributed by atoms with E-state index in [0.717, 1.165) is 17.4 Å². The summed E-state index contributed by atoms with van der Waals surface area (Å²) in [5.41, 5.74) is 0.167. The zero-order valence-corrected chi connectivity index (χ0v) is 13.0. The third-order valence-electron chi connectivity index (χ3n) is 3.20. The van der Waals surface area contributed by atoms with Gasteiger partial charge in [0.1, 0.15) is 12.0 Å². The topological polar surface area (TPSA) is 98.2 Å². The molecule has 3 heterocycles. The lowest BCUT2D eigenvalue weighted by molar-refractivity contribution is 0.0983. The van der Waals surface area contributed by atoms with Gasteiger partial charge in [-0.3, -0.25) is 14.2 Å². The second-order valence-electron chi connectivity index (χ2n) is 4.85. The molecule has 0 aliphatic rings. The van der Waals surface area contributed by atoms with E-state index >= 15 is 0 Å². The van der Waals surface area contributed by atoms with Gasteiger partial charge in [-0.05, 0) is 13.0 Å². The van der Waals surface area contributed by atoms with Gasteiger partial charge in [0, 0.05) is 25.1 Å². The fraction of sp³-hybridized carbons (Fsp3) is 0.200. The Balaban J connectivity index is 1.83. The van der Waals surface area contributed by atoms with Gasteiger partial charge in [-0.1, -0.05) is 11.3 Å². The second-order valence-corrected chi connectivity index (χ2v) is 5.83. The minimum absolute atomic E-state index is 0.0729. The zero-order chi connectivity index (χ0) is 16.4. The van der Waals surface area contributed by atoms with Crippen LogP contribution in [-0.4, -0.2) is 25.4 Å². The predicted molar refractivity (Wildman–Crippen MR) is 83.3 cm³/mol. The first kappa shape index (κ1) is 15.2. The van der Waals surface area contributed by atoms with Crippen molar-refractivity contribution >= 4 is 17.1 Å². The molecular weight excluding hydrogens is 318 g/mol. The molecule has 0 aliphatic heterocycles. The lowest BCUT2D eigenvalue weighted by atomic mass is 10.2. The van der Waals surface area contributed by atoms with Crippen LogP contribution in [0.5, 0.6) is 5.75 Å². The van der Waals surface area contributed by atoms with Crippen LogP contribution in [0.25, 0.3) is 5.13 Å². The predicted octanol–water partition coefficient (Wildman–Crippen LogP) is 2.11. The number of aromatic nitrogens is 3. The van der Waals surface area contributed by atoms with Crippen molar-refractivity contribution in [1.82, 2.24) is 14.5 Å². The van der Waals surface area contributed by atoms with Crippen molar-refractivity contribution < 1.29 is 14.3 Å². The first-order valence-corrected chi connectivity index (χ1v) is 7.67. The number of nitrogens with zero attached hydrogens (tertiary/aromatic N) is 3. The molecule has 8 heteroatoms. The molecule has 0 aliphatic carbocycles. The minimum atomic E-state index is -0.405. The third kappa shape index (κ3) is 3.21. The highest BCUT2D eigenvalue weighted by Gasteiger charge is 2.17. The summed E-state index contributed by atoms with van der Waals surface area (Å²) in [4.78, 5) is 33.0. The van der Waals surface area contributed by atoms with E-state index in [1.807, 2.05) is 0 Å². The molecule has 1 N–H and O–H groups in total. The number of thiazole rings is 1. The molecule has 0 spiro atoms. The molecule has 0 aromatic carbocycles. The number of ketones is 1. The Kier molecular flexibility index (Phi) is 4.07. The number of oxazole rings is 1. The number of Topliss-reactive ketones (excluding diaryl/α,β-unsaturated/α-hetero) is 1. The lowest BCUT2D eigenvalue weighted by Gasteiger charge is -1.99. The van der Waals surface area contributed by atoms with Crippen LogP contribution in [0.2, 0.25) is 0 Å². The van der Waals surface area contributed by atoms with E-state index in [1.54, 1.807) is 6.92 Å². The molecule has 0 unspecified atom stereocenters. The summed E-state index contributed by atoms with van der Waals surface area (Å²) in [6.07, 6.45) is 5.10. The number of pyridine rings is 1. The Morgan fingerprint density at radius 2 is 2.30 bits per heavy atom. The van der Waals surface area contributed by atoms with Crippen molar-refractivity contribution in [2.45, 2.75) is 19.8 Å². The van der Waals surface area contributed by atoms with Gasteiger partial charge in [-0.2, -0.15) is 0 Å². The maximum atomic E-state index is 12.3. The Labute approximate surface area is 134 Å². The summed E-state index contributed by atoms with van der Waals surface area (Å²) in [5.74, 6) is 0.327. The van der Waals surface area contributed by atoms with Gasteiger partial charge >= 0.3 is 0 Å². The van der Waals surface area contributed by atoms with E-state index in [-0.39, 0.29) is 18.0 Å². The average molecular weight is 331 g/mol. The van der Waals surface area contributed by atoms with E-state index in [9.17, 15) is 14.7 Å². The van der Waals surface area contributed by atoms with Gasteiger partial charge < -0.3 is 9.52 Å². The number of rotatable bonds is 5. The van der Waals surface area contributed by atoms with E-state index in [1.165, 1.54) is 29.3 Å². The summed E-state index contributed by atoms with van der Waals surface area (Å²) in [6, 6.07) is 2.49. The first-order chi connectivity index (χ1) is 11.0. The molecule has 0 amide bonds. The molecule has 3 aromatic rings. The van der Waals surface area contributed by atoms with Crippen molar-refractivity contribution in [1.29, 1.82) is 0 Å². The molecule has 3 rings (SSSR count). The third-order valence-corrected chi connectivity index (χ3v) is 4.39. The summed E-state index contributed by atoms with van der Waals surface area (Å²) in [5, 5.41) is 9.69.